The van der Waals surface area contributed by atoms with Gasteiger partial charge in [0.15, 0.2) is 0 Å². The van der Waals surface area contributed by atoms with Crippen LogP contribution in [0.5, 0.6) is 0 Å². The van der Waals surface area contributed by atoms with E-state index >= 15 is 0 Å². The molecule has 0 aliphatic rings. The predicted octanol–water partition coefficient (Wildman–Crippen LogP) is 3.97. The van der Waals surface area contributed by atoms with Gasteiger partial charge >= 0.3 is 5.97 Å². The van der Waals surface area contributed by atoms with Crippen LogP contribution in [0, 0.1) is 0 Å². The van der Waals surface area contributed by atoms with E-state index in [9.17, 15) is 14.4 Å². The zero-order valence-electron chi connectivity index (χ0n) is 16.3. The molecule has 3 rings (SSSR count). The number of carbonyl (C=O) groups excluding carboxylic acids is 3. The van der Waals surface area contributed by atoms with Crippen LogP contribution in [0.1, 0.15) is 15.2 Å². The van der Waals surface area contributed by atoms with Gasteiger partial charge in [0.25, 0.3) is 5.91 Å². The molecule has 0 fully saturated rings. The molecule has 0 atom stereocenters. The van der Waals surface area contributed by atoms with Gasteiger partial charge in [0.2, 0.25) is 5.91 Å². The summed E-state index contributed by atoms with van der Waals surface area (Å²) >= 11 is 1.59. The number of amides is 2. The maximum atomic E-state index is 12.2. The Kier molecular flexibility index (Phi) is 7.13. The largest absolute Gasteiger partial charge is 0.468 e. The van der Waals surface area contributed by atoms with Crippen LogP contribution in [-0.2, 0) is 14.3 Å². The highest BCUT2D eigenvalue weighted by molar-refractivity contribution is 7.16. The second-order valence-corrected chi connectivity index (χ2v) is 7.35. The summed E-state index contributed by atoms with van der Waals surface area (Å²) in [5, 5.41) is 5.18. The number of hydrogen-bond acceptors (Lipinski definition) is 5. The molecule has 152 valence electrons. The van der Waals surface area contributed by atoms with Crippen molar-refractivity contribution in [1.82, 2.24) is 5.32 Å². The molecule has 0 unspecified atom stereocenters. The second kappa shape index (κ2) is 10.2. The lowest BCUT2D eigenvalue weighted by Crippen LogP contribution is -2.30. The molecule has 6 nitrogen and oxygen atoms in total. The lowest BCUT2D eigenvalue weighted by molar-refractivity contribution is -0.139. The minimum atomic E-state index is -0.540. The van der Waals surface area contributed by atoms with Crippen molar-refractivity contribution in [3.8, 4) is 10.4 Å². The SMILES string of the molecule is COC(=O)CNC(=O)c1cccc(NC(=O)/C=C/c2ccc(-c3ccccc3)s2)c1. The number of ether oxygens (including phenoxy) is 1. The Balaban J connectivity index is 1.59. The molecule has 0 aliphatic heterocycles. The van der Waals surface area contributed by atoms with Crippen LogP contribution < -0.4 is 10.6 Å². The molecular weight excluding hydrogens is 400 g/mol. The number of thiophene rings is 1. The first kappa shape index (κ1) is 21.0. The van der Waals surface area contributed by atoms with Crippen molar-refractivity contribution < 1.29 is 19.1 Å². The van der Waals surface area contributed by atoms with Crippen LogP contribution in [0.25, 0.3) is 16.5 Å². The van der Waals surface area contributed by atoms with Gasteiger partial charge in [-0.3, -0.25) is 14.4 Å². The van der Waals surface area contributed by atoms with Gasteiger partial charge in [0, 0.05) is 27.1 Å². The van der Waals surface area contributed by atoms with Gasteiger partial charge in [0.1, 0.15) is 6.54 Å². The van der Waals surface area contributed by atoms with E-state index in [1.165, 1.54) is 19.3 Å². The number of hydrogen-bond donors (Lipinski definition) is 2. The van der Waals surface area contributed by atoms with E-state index in [1.807, 2.05) is 42.5 Å². The van der Waals surface area contributed by atoms with Crippen LogP contribution >= 0.6 is 11.3 Å². The molecule has 0 aliphatic carbocycles. The first-order valence-corrected chi connectivity index (χ1v) is 9.96. The van der Waals surface area contributed by atoms with Crippen LogP contribution in [0.3, 0.4) is 0 Å². The van der Waals surface area contributed by atoms with Crippen molar-refractivity contribution in [1.29, 1.82) is 0 Å². The predicted molar refractivity (Wildman–Crippen MR) is 118 cm³/mol. The first-order chi connectivity index (χ1) is 14.5. The standard InChI is InChI=1S/C23H20N2O4S/c1-29-22(27)15-24-23(28)17-8-5-9-18(14-17)25-21(26)13-11-19-10-12-20(30-19)16-6-3-2-4-7-16/h2-14H,15H2,1H3,(H,24,28)(H,25,26)/b13-11+. The molecule has 1 aromatic heterocycles. The van der Waals surface area contributed by atoms with Gasteiger partial charge in [0.05, 0.1) is 7.11 Å². The van der Waals surface area contributed by atoms with Crippen LogP contribution in [0.2, 0.25) is 0 Å². The molecule has 0 spiro atoms. The second-order valence-electron chi connectivity index (χ2n) is 6.23. The fraction of sp³-hybridized carbons (Fsp3) is 0.0870. The molecule has 2 N–H and O–H groups in total. The smallest absolute Gasteiger partial charge is 0.325 e. The number of carbonyl (C=O) groups is 3. The molecule has 2 amide bonds. The molecule has 30 heavy (non-hydrogen) atoms. The van der Waals surface area contributed by atoms with E-state index in [2.05, 4.69) is 15.4 Å². The lowest BCUT2D eigenvalue weighted by Gasteiger charge is -2.06. The first-order valence-electron chi connectivity index (χ1n) is 9.14. The molecule has 0 saturated carbocycles. The van der Waals surface area contributed by atoms with Gasteiger partial charge in [-0.25, -0.2) is 0 Å². The lowest BCUT2D eigenvalue weighted by atomic mass is 10.2. The summed E-state index contributed by atoms with van der Waals surface area (Å²) in [4.78, 5) is 37.5. The molecular formula is C23H20N2O4S. The fourth-order valence-electron chi connectivity index (χ4n) is 2.61. The average molecular weight is 420 g/mol. The van der Waals surface area contributed by atoms with Gasteiger partial charge in [-0.1, -0.05) is 36.4 Å². The zero-order chi connectivity index (χ0) is 21.3. The Morgan fingerprint density at radius 3 is 2.57 bits per heavy atom. The third-order valence-electron chi connectivity index (χ3n) is 4.10. The van der Waals surface area contributed by atoms with Crippen molar-refractivity contribution in [2.45, 2.75) is 0 Å². The summed E-state index contributed by atoms with van der Waals surface area (Å²) in [6.07, 6.45) is 3.20. The summed E-state index contributed by atoms with van der Waals surface area (Å²) in [6.45, 7) is -0.222. The summed E-state index contributed by atoms with van der Waals surface area (Å²) in [7, 11) is 1.25. The summed E-state index contributed by atoms with van der Waals surface area (Å²) < 4.78 is 4.49. The Bertz CT molecular complexity index is 1070. The molecule has 1 heterocycles. The molecule has 0 radical (unpaired) electrons. The van der Waals surface area contributed by atoms with Crippen LogP contribution in [-0.4, -0.2) is 31.4 Å². The molecule has 2 aromatic carbocycles. The topological polar surface area (TPSA) is 84.5 Å². The average Bonchev–Trinajstić information content (AvgIpc) is 3.25. The number of benzene rings is 2. The minimum absolute atomic E-state index is 0.222. The third kappa shape index (κ3) is 5.89. The minimum Gasteiger partial charge on any atom is -0.468 e. The Labute approximate surface area is 178 Å². The van der Waals surface area contributed by atoms with Gasteiger partial charge in [-0.2, -0.15) is 0 Å². The summed E-state index contributed by atoms with van der Waals surface area (Å²) in [5.74, 6) is -1.28. The molecule has 3 aromatic rings. The highest BCUT2D eigenvalue weighted by atomic mass is 32.1. The van der Waals surface area contributed by atoms with Crippen LogP contribution in [0.4, 0.5) is 5.69 Å². The third-order valence-corrected chi connectivity index (χ3v) is 5.20. The van der Waals surface area contributed by atoms with Crippen molar-refractivity contribution in [3.05, 3.63) is 83.2 Å². The maximum absolute atomic E-state index is 12.2. The number of nitrogens with one attached hydrogen (secondary N) is 2. The number of methoxy groups -OCH3 is 1. The monoisotopic (exact) mass is 420 g/mol. The van der Waals surface area contributed by atoms with Gasteiger partial charge in [-0.05, 0) is 42.0 Å². The Morgan fingerprint density at radius 2 is 1.80 bits per heavy atom. The van der Waals surface area contributed by atoms with Gasteiger partial charge < -0.3 is 15.4 Å². The Hall–Kier alpha value is -3.71. The van der Waals surface area contributed by atoms with E-state index in [0.717, 1.165) is 15.3 Å². The van der Waals surface area contributed by atoms with Crippen molar-refractivity contribution in [2.24, 2.45) is 0 Å². The molecule has 0 bridgehead atoms. The number of anilines is 1. The normalized spacial score (nSPS) is 10.6. The summed E-state index contributed by atoms with van der Waals surface area (Å²) in [6, 6.07) is 20.5. The van der Waals surface area contributed by atoms with E-state index in [1.54, 1.807) is 35.6 Å². The fourth-order valence-corrected chi connectivity index (χ4v) is 3.52. The number of rotatable bonds is 7. The van der Waals surface area contributed by atoms with Crippen molar-refractivity contribution >= 4 is 40.9 Å². The molecule has 7 heteroatoms. The van der Waals surface area contributed by atoms with Crippen molar-refractivity contribution in [3.63, 3.8) is 0 Å². The summed E-state index contributed by atoms with van der Waals surface area (Å²) in [5.41, 5.74) is 1.94. The van der Waals surface area contributed by atoms with E-state index < -0.39 is 11.9 Å². The van der Waals surface area contributed by atoms with E-state index in [4.69, 9.17) is 0 Å². The van der Waals surface area contributed by atoms with E-state index in [-0.39, 0.29) is 12.5 Å². The van der Waals surface area contributed by atoms with Crippen LogP contribution in [0.15, 0.2) is 72.8 Å². The highest BCUT2D eigenvalue weighted by Crippen LogP contribution is 2.28. The molecule has 0 saturated heterocycles. The number of esters is 1. The van der Waals surface area contributed by atoms with Gasteiger partial charge in [-0.15, -0.1) is 11.3 Å². The van der Waals surface area contributed by atoms with Crippen molar-refractivity contribution in [2.75, 3.05) is 19.0 Å². The Morgan fingerprint density at radius 1 is 1.00 bits per heavy atom. The zero-order valence-corrected chi connectivity index (χ0v) is 17.1. The quantitative estimate of drug-likeness (QED) is 0.447. The maximum Gasteiger partial charge on any atom is 0.325 e. The van der Waals surface area contributed by atoms with E-state index in [0.29, 0.717) is 11.3 Å². The highest BCUT2D eigenvalue weighted by Gasteiger charge is 2.09.